The van der Waals surface area contributed by atoms with Gasteiger partial charge in [-0.25, -0.2) is 0 Å². The minimum Gasteiger partial charge on any atom is -0.469 e. The fraction of sp³-hybridized carbons (Fsp3) is 0.875. The first kappa shape index (κ1) is 8.01. The van der Waals surface area contributed by atoms with Crippen molar-refractivity contribution in [1.29, 1.82) is 0 Å². The van der Waals surface area contributed by atoms with Gasteiger partial charge in [0, 0.05) is 6.04 Å². The maximum atomic E-state index is 11.2. The Morgan fingerprint density at radius 3 is 2.67 bits per heavy atom. The van der Waals surface area contributed by atoms with Crippen molar-refractivity contribution in [3.05, 3.63) is 0 Å². The number of ether oxygens (including phenoxy) is 2. The van der Waals surface area contributed by atoms with E-state index >= 15 is 0 Å². The van der Waals surface area contributed by atoms with Crippen molar-refractivity contribution in [3.63, 3.8) is 0 Å². The average Bonchev–Trinajstić information content (AvgIpc) is 2.63. The molecular formula is C8H13NO3. The highest BCUT2D eigenvalue weighted by molar-refractivity contribution is 5.74. The van der Waals surface area contributed by atoms with Crippen LogP contribution in [0.1, 0.15) is 12.8 Å². The number of methoxy groups -OCH3 is 1. The van der Waals surface area contributed by atoms with Gasteiger partial charge >= 0.3 is 5.97 Å². The van der Waals surface area contributed by atoms with E-state index in [-0.39, 0.29) is 30.1 Å². The Kier molecular flexibility index (Phi) is 1.81. The number of hydrogen-bond donors (Lipinski definition) is 1. The molecule has 0 aromatic carbocycles. The van der Waals surface area contributed by atoms with E-state index in [1.54, 1.807) is 0 Å². The van der Waals surface area contributed by atoms with Crippen LogP contribution in [-0.2, 0) is 14.3 Å². The molecule has 0 radical (unpaired) electrons. The predicted octanol–water partition coefficient (Wildman–Crippen LogP) is -0.336. The Morgan fingerprint density at radius 2 is 2.17 bits per heavy atom. The van der Waals surface area contributed by atoms with Gasteiger partial charge in [0.15, 0.2) is 0 Å². The predicted molar refractivity (Wildman–Crippen MR) is 41.4 cm³/mol. The van der Waals surface area contributed by atoms with E-state index in [9.17, 15) is 4.79 Å². The topological polar surface area (TPSA) is 61.5 Å². The van der Waals surface area contributed by atoms with Gasteiger partial charge in [0.1, 0.15) is 5.92 Å². The standard InChI is InChI=1S/C8H13NO3/c1-11-8(10)6-4-2-3-5(12-4)7(6)9/h4-7H,2-3,9H2,1H3/t4-,5+,6?,7?/m0/s1. The molecule has 4 nitrogen and oxygen atoms in total. The van der Waals surface area contributed by atoms with Crippen molar-refractivity contribution in [1.82, 2.24) is 0 Å². The Hall–Kier alpha value is -0.610. The lowest BCUT2D eigenvalue weighted by Crippen LogP contribution is -2.44. The second-order valence-corrected chi connectivity index (χ2v) is 3.42. The largest absolute Gasteiger partial charge is 0.469 e. The molecule has 0 saturated carbocycles. The lowest BCUT2D eigenvalue weighted by atomic mass is 9.85. The van der Waals surface area contributed by atoms with Gasteiger partial charge in [-0.1, -0.05) is 0 Å². The summed E-state index contributed by atoms with van der Waals surface area (Å²) in [6, 6.07) is -0.156. The number of hydrogen-bond acceptors (Lipinski definition) is 4. The molecule has 2 unspecified atom stereocenters. The highest BCUT2D eigenvalue weighted by Crippen LogP contribution is 2.38. The Labute approximate surface area is 71.0 Å². The van der Waals surface area contributed by atoms with Crippen LogP contribution in [0.25, 0.3) is 0 Å². The Balaban J connectivity index is 2.12. The van der Waals surface area contributed by atoms with E-state index in [2.05, 4.69) is 4.74 Å². The van der Waals surface area contributed by atoms with Gasteiger partial charge in [0.05, 0.1) is 19.3 Å². The van der Waals surface area contributed by atoms with E-state index in [4.69, 9.17) is 10.5 Å². The maximum Gasteiger partial charge on any atom is 0.312 e. The zero-order chi connectivity index (χ0) is 8.72. The summed E-state index contributed by atoms with van der Waals surface area (Å²) in [5.74, 6) is -0.455. The molecule has 0 aromatic rings. The number of nitrogens with two attached hydrogens (primary N) is 1. The first-order valence-corrected chi connectivity index (χ1v) is 4.23. The molecule has 2 aliphatic rings. The number of carbonyl (C=O) groups excluding carboxylic acids is 1. The molecule has 0 amide bonds. The van der Waals surface area contributed by atoms with E-state index in [0.29, 0.717) is 0 Å². The van der Waals surface area contributed by atoms with Gasteiger partial charge in [-0.05, 0) is 12.8 Å². The molecule has 2 fully saturated rings. The van der Waals surface area contributed by atoms with Crippen LogP contribution in [0.5, 0.6) is 0 Å². The first-order valence-electron chi connectivity index (χ1n) is 4.23. The molecule has 2 bridgehead atoms. The van der Waals surface area contributed by atoms with Crippen LogP contribution in [0, 0.1) is 5.92 Å². The second kappa shape index (κ2) is 2.71. The zero-order valence-corrected chi connectivity index (χ0v) is 7.03. The molecule has 68 valence electrons. The summed E-state index contributed by atoms with van der Waals surface area (Å²) in [4.78, 5) is 11.2. The molecule has 2 rings (SSSR count). The fourth-order valence-corrected chi connectivity index (χ4v) is 2.16. The van der Waals surface area contributed by atoms with Crippen LogP contribution in [-0.4, -0.2) is 31.3 Å². The molecule has 0 aromatic heterocycles. The van der Waals surface area contributed by atoms with Crippen LogP contribution in [0.3, 0.4) is 0 Å². The van der Waals surface area contributed by atoms with Crippen LogP contribution in [0.2, 0.25) is 0 Å². The number of esters is 1. The quantitative estimate of drug-likeness (QED) is 0.548. The molecule has 2 saturated heterocycles. The summed E-state index contributed by atoms with van der Waals surface area (Å²) < 4.78 is 10.2. The van der Waals surface area contributed by atoms with Gasteiger partial charge < -0.3 is 15.2 Å². The molecule has 4 atom stereocenters. The van der Waals surface area contributed by atoms with Crippen molar-refractivity contribution in [2.75, 3.05) is 7.11 Å². The van der Waals surface area contributed by atoms with E-state index in [1.807, 2.05) is 0 Å². The summed E-state index contributed by atoms with van der Waals surface area (Å²) in [6.45, 7) is 0. The monoisotopic (exact) mass is 171 g/mol. The number of rotatable bonds is 1. The van der Waals surface area contributed by atoms with E-state index in [0.717, 1.165) is 12.8 Å². The lowest BCUT2D eigenvalue weighted by molar-refractivity contribution is -0.147. The SMILES string of the molecule is COC(=O)C1C(N)[C@H]2CC[C@@H]1O2. The van der Waals surface area contributed by atoms with Gasteiger partial charge in [0.25, 0.3) is 0 Å². The maximum absolute atomic E-state index is 11.2. The molecule has 0 aliphatic carbocycles. The highest BCUT2D eigenvalue weighted by Gasteiger charge is 2.51. The summed E-state index contributed by atoms with van der Waals surface area (Å²) in [5.41, 5.74) is 5.81. The third-order valence-corrected chi connectivity index (χ3v) is 2.80. The van der Waals surface area contributed by atoms with Crippen LogP contribution in [0.4, 0.5) is 0 Å². The van der Waals surface area contributed by atoms with Crippen LogP contribution >= 0.6 is 0 Å². The van der Waals surface area contributed by atoms with Crippen molar-refractivity contribution < 1.29 is 14.3 Å². The lowest BCUT2D eigenvalue weighted by Gasteiger charge is -2.21. The Morgan fingerprint density at radius 1 is 1.50 bits per heavy atom. The third kappa shape index (κ3) is 0.949. The molecule has 4 heteroatoms. The van der Waals surface area contributed by atoms with Gasteiger partial charge in [-0.15, -0.1) is 0 Å². The summed E-state index contributed by atoms with van der Waals surface area (Å²) in [7, 11) is 1.39. The van der Waals surface area contributed by atoms with Gasteiger partial charge in [-0.2, -0.15) is 0 Å². The highest BCUT2D eigenvalue weighted by atomic mass is 16.5. The number of carbonyl (C=O) groups is 1. The number of fused-ring (bicyclic) bond motifs is 2. The van der Waals surface area contributed by atoms with Crippen LogP contribution < -0.4 is 5.73 Å². The normalized spacial score (nSPS) is 44.8. The molecular weight excluding hydrogens is 158 g/mol. The van der Waals surface area contributed by atoms with Gasteiger partial charge in [0.2, 0.25) is 0 Å². The average molecular weight is 171 g/mol. The summed E-state index contributed by atoms with van der Waals surface area (Å²) in [6.07, 6.45) is 2.02. The van der Waals surface area contributed by atoms with Crippen molar-refractivity contribution in [2.45, 2.75) is 31.1 Å². The fourth-order valence-electron chi connectivity index (χ4n) is 2.16. The van der Waals surface area contributed by atoms with E-state index < -0.39 is 0 Å². The summed E-state index contributed by atoms with van der Waals surface area (Å²) in [5, 5.41) is 0. The molecule has 0 spiro atoms. The molecule has 2 N–H and O–H groups in total. The molecule has 2 heterocycles. The minimum absolute atomic E-state index is 0.0115. The first-order chi connectivity index (χ1) is 5.74. The third-order valence-electron chi connectivity index (χ3n) is 2.80. The van der Waals surface area contributed by atoms with Crippen molar-refractivity contribution in [2.24, 2.45) is 11.7 Å². The Bertz CT molecular complexity index is 204. The van der Waals surface area contributed by atoms with E-state index in [1.165, 1.54) is 7.11 Å². The van der Waals surface area contributed by atoms with Gasteiger partial charge in [-0.3, -0.25) is 4.79 Å². The molecule has 12 heavy (non-hydrogen) atoms. The van der Waals surface area contributed by atoms with Crippen LogP contribution in [0.15, 0.2) is 0 Å². The smallest absolute Gasteiger partial charge is 0.312 e. The molecule has 2 aliphatic heterocycles. The zero-order valence-electron chi connectivity index (χ0n) is 7.03. The summed E-state index contributed by atoms with van der Waals surface area (Å²) >= 11 is 0. The van der Waals surface area contributed by atoms with Crippen molar-refractivity contribution >= 4 is 5.97 Å². The minimum atomic E-state index is -0.228. The second-order valence-electron chi connectivity index (χ2n) is 3.42. The van der Waals surface area contributed by atoms with Crippen molar-refractivity contribution in [3.8, 4) is 0 Å².